The van der Waals surface area contributed by atoms with Gasteiger partial charge in [-0.25, -0.2) is 0 Å². The summed E-state index contributed by atoms with van der Waals surface area (Å²) in [6.45, 7) is 19.9. The van der Waals surface area contributed by atoms with Gasteiger partial charge < -0.3 is 9.47 Å². The molecule has 0 bridgehead atoms. The van der Waals surface area contributed by atoms with Crippen molar-refractivity contribution in [1.29, 1.82) is 0 Å². The lowest BCUT2D eigenvalue weighted by Crippen LogP contribution is -2.45. The number of morpholine rings is 2. The van der Waals surface area contributed by atoms with Gasteiger partial charge in [-0.2, -0.15) is 0 Å². The van der Waals surface area contributed by atoms with Crippen molar-refractivity contribution in [2.45, 2.75) is 64.2 Å². The molecule has 262 valence electrons. The van der Waals surface area contributed by atoms with Crippen LogP contribution in [0.2, 0.25) is 0 Å². The number of nitrogens with zero attached hydrogens (tertiary/aromatic N) is 3. The van der Waals surface area contributed by atoms with Crippen molar-refractivity contribution in [3.8, 4) is 0 Å². The van der Waals surface area contributed by atoms with E-state index in [1.807, 2.05) is 0 Å². The molecule has 2 heterocycles. The van der Waals surface area contributed by atoms with Crippen LogP contribution in [0.1, 0.15) is 64.5 Å². The molecule has 0 radical (unpaired) electrons. The molecule has 6 rings (SSSR count). The fourth-order valence-corrected chi connectivity index (χ4v) is 8.64. The molecule has 0 saturated carbocycles. The quantitative estimate of drug-likeness (QED) is 0.119. The van der Waals surface area contributed by atoms with Crippen LogP contribution in [-0.2, 0) is 20.3 Å². The van der Waals surface area contributed by atoms with Crippen LogP contribution in [-0.4, -0.2) is 88.3 Å². The van der Waals surface area contributed by atoms with Crippen molar-refractivity contribution >= 4 is 27.8 Å². The molecule has 0 spiro atoms. The Kier molecular flexibility index (Phi) is 12.2. The lowest BCUT2D eigenvalue weighted by molar-refractivity contribution is 0.0326. The molecular formula is C44H59N3O2. The van der Waals surface area contributed by atoms with Crippen LogP contribution >= 0.6 is 0 Å². The van der Waals surface area contributed by atoms with Crippen LogP contribution < -0.4 is 0 Å². The number of aliphatic imine (C=N–C) groups is 1. The molecule has 2 saturated heterocycles. The van der Waals surface area contributed by atoms with Crippen LogP contribution in [0, 0.1) is 11.8 Å². The third kappa shape index (κ3) is 7.81. The van der Waals surface area contributed by atoms with Gasteiger partial charge in [0, 0.05) is 49.8 Å². The number of hydrogen-bond acceptors (Lipinski definition) is 5. The zero-order chi connectivity index (χ0) is 34.1. The second kappa shape index (κ2) is 16.7. The van der Waals surface area contributed by atoms with Gasteiger partial charge in [0.1, 0.15) is 0 Å². The SMILES string of the molecule is CCC(C)C(C=NCC(CCN1CCOCC1)(c1cccc2ccccc12)C(C)CC)(CCN1CCOCC1)c1cccc2ccccc12. The molecule has 49 heavy (non-hydrogen) atoms. The van der Waals surface area contributed by atoms with Crippen LogP contribution in [0.4, 0.5) is 0 Å². The van der Waals surface area contributed by atoms with E-state index >= 15 is 0 Å². The van der Waals surface area contributed by atoms with Gasteiger partial charge in [0.15, 0.2) is 0 Å². The molecule has 4 unspecified atom stereocenters. The van der Waals surface area contributed by atoms with Crippen molar-refractivity contribution in [2.75, 3.05) is 72.2 Å². The topological polar surface area (TPSA) is 37.3 Å². The van der Waals surface area contributed by atoms with Gasteiger partial charge in [-0.15, -0.1) is 0 Å². The summed E-state index contributed by atoms with van der Waals surface area (Å²) in [4.78, 5) is 10.9. The zero-order valence-electron chi connectivity index (χ0n) is 30.6. The van der Waals surface area contributed by atoms with Gasteiger partial charge in [0.05, 0.1) is 26.4 Å². The molecule has 0 N–H and O–H groups in total. The summed E-state index contributed by atoms with van der Waals surface area (Å²) < 4.78 is 11.5. The minimum absolute atomic E-state index is 0.103. The number of benzene rings is 4. The van der Waals surface area contributed by atoms with E-state index in [0.717, 1.165) is 97.9 Å². The first-order valence-corrected chi connectivity index (χ1v) is 19.1. The molecule has 0 amide bonds. The molecule has 4 atom stereocenters. The van der Waals surface area contributed by atoms with E-state index in [2.05, 4.69) is 129 Å². The van der Waals surface area contributed by atoms with Gasteiger partial charge in [0.2, 0.25) is 0 Å². The minimum Gasteiger partial charge on any atom is -0.379 e. The highest BCUT2D eigenvalue weighted by molar-refractivity contribution is 5.91. The lowest BCUT2D eigenvalue weighted by atomic mass is 9.65. The summed E-state index contributed by atoms with van der Waals surface area (Å²) in [6, 6.07) is 31.8. The molecular weight excluding hydrogens is 603 g/mol. The van der Waals surface area contributed by atoms with Gasteiger partial charge in [-0.3, -0.25) is 14.8 Å². The first-order chi connectivity index (χ1) is 24.0. The standard InChI is InChI=1S/C44H59N3O2/c1-5-35(3)43(21-23-46-25-29-48-30-26-46,41-19-11-15-37-13-7-9-17-39(37)41)33-45-34-44(36(4)6-2,22-24-47-27-31-49-32-28-47)42-20-12-16-38-14-8-10-18-40(38)42/h7-20,33,35-36H,5-6,21-32,34H2,1-4H3. The lowest BCUT2D eigenvalue weighted by Gasteiger charge is -2.42. The largest absolute Gasteiger partial charge is 0.379 e. The number of ether oxygens (including phenoxy) is 2. The first kappa shape index (κ1) is 35.7. The van der Waals surface area contributed by atoms with Crippen molar-refractivity contribution < 1.29 is 9.47 Å². The maximum Gasteiger partial charge on any atom is 0.0594 e. The normalized spacial score (nSPS) is 20.3. The van der Waals surface area contributed by atoms with Gasteiger partial charge in [0.25, 0.3) is 0 Å². The van der Waals surface area contributed by atoms with E-state index < -0.39 is 0 Å². The Morgan fingerprint density at radius 3 is 1.69 bits per heavy atom. The first-order valence-electron chi connectivity index (χ1n) is 19.1. The summed E-state index contributed by atoms with van der Waals surface area (Å²) in [5, 5.41) is 5.35. The van der Waals surface area contributed by atoms with Crippen molar-refractivity contribution in [2.24, 2.45) is 16.8 Å². The fourth-order valence-electron chi connectivity index (χ4n) is 8.64. The van der Waals surface area contributed by atoms with E-state index in [9.17, 15) is 0 Å². The highest BCUT2D eigenvalue weighted by Crippen LogP contribution is 2.44. The second-order valence-electron chi connectivity index (χ2n) is 14.7. The molecule has 2 aliphatic rings. The zero-order valence-corrected chi connectivity index (χ0v) is 30.6. The molecule has 4 aromatic carbocycles. The highest BCUT2D eigenvalue weighted by Gasteiger charge is 2.41. The summed E-state index contributed by atoms with van der Waals surface area (Å²) in [7, 11) is 0. The van der Waals surface area contributed by atoms with Crippen LogP contribution in [0.25, 0.3) is 21.5 Å². The van der Waals surface area contributed by atoms with Crippen LogP contribution in [0.5, 0.6) is 0 Å². The predicted octanol–water partition coefficient (Wildman–Crippen LogP) is 8.78. The van der Waals surface area contributed by atoms with E-state index in [4.69, 9.17) is 14.5 Å². The number of hydrogen-bond donors (Lipinski definition) is 0. The maximum absolute atomic E-state index is 5.74. The summed E-state index contributed by atoms with van der Waals surface area (Å²) in [6.07, 6.45) is 6.76. The fraction of sp³-hybridized carbons (Fsp3) is 0.523. The maximum atomic E-state index is 5.74. The predicted molar refractivity (Wildman–Crippen MR) is 207 cm³/mol. The van der Waals surface area contributed by atoms with Crippen molar-refractivity contribution in [3.05, 3.63) is 96.1 Å². The molecule has 0 aliphatic carbocycles. The van der Waals surface area contributed by atoms with Gasteiger partial charge in [-0.05, 0) is 70.4 Å². The third-order valence-electron chi connectivity index (χ3n) is 12.3. The number of fused-ring (bicyclic) bond motifs is 2. The van der Waals surface area contributed by atoms with Crippen LogP contribution in [0.3, 0.4) is 0 Å². The van der Waals surface area contributed by atoms with Crippen LogP contribution in [0.15, 0.2) is 89.9 Å². The Bertz CT molecular complexity index is 1650. The molecule has 2 fully saturated rings. The Hall–Kier alpha value is -3.09. The second-order valence-corrected chi connectivity index (χ2v) is 14.7. The van der Waals surface area contributed by atoms with E-state index in [-0.39, 0.29) is 10.8 Å². The number of rotatable bonds is 15. The van der Waals surface area contributed by atoms with Gasteiger partial charge >= 0.3 is 0 Å². The summed E-state index contributed by atoms with van der Waals surface area (Å²) >= 11 is 0. The van der Waals surface area contributed by atoms with E-state index in [1.54, 1.807) is 0 Å². The average Bonchev–Trinajstić information content (AvgIpc) is 3.17. The monoisotopic (exact) mass is 661 g/mol. The summed E-state index contributed by atoms with van der Waals surface area (Å²) in [5.74, 6) is 0.882. The Labute approximate surface area is 295 Å². The summed E-state index contributed by atoms with van der Waals surface area (Å²) in [5.41, 5.74) is 2.58. The Balaban J connectivity index is 1.46. The molecule has 4 aromatic rings. The Morgan fingerprint density at radius 2 is 1.12 bits per heavy atom. The third-order valence-corrected chi connectivity index (χ3v) is 12.3. The smallest absolute Gasteiger partial charge is 0.0594 e. The molecule has 2 aliphatic heterocycles. The minimum atomic E-state index is -0.196. The molecule has 5 nitrogen and oxygen atoms in total. The van der Waals surface area contributed by atoms with Crippen molar-refractivity contribution in [3.63, 3.8) is 0 Å². The molecule has 5 heteroatoms. The van der Waals surface area contributed by atoms with E-state index in [1.165, 1.54) is 32.7 Å². The molecule has 0 aromatic heterocycles. The average molecular weight is 662 g/mol. The highest BCUT2D eigenvalue weighted by atomic mass is 16.5. The van der Waals surface area contributed by atoms with E-state index in [0.29, 0.717) is 11.8 Å². The van der Waals surface area contributed by atoms with Gasteiger partial charge in [-0.1, -0.05) is 125 Å². The van der Waals surface area contributed by atoms with Crippen molar-refractivity contribution in [1.82, 2.24) is 9.80 Å². The Morgan fingerprint density at radius 1 is 0.633 bits per heavy atom.